The Morgan fingerprint density at radius 3 is 2.50 bits per heavy atom. The molecule has 0 amide bonds. The molecule has 0 saturated heterocycles. The van der Waals surface area contributed by atoms with Crippen molar-refractivity contribution >= 4 is 0 Å². The van der Waals surface area contributed by atoms with Gasteiger partial charge in [0.1, 0.15) is 12.4 Å². The Bertz CT molecular complexity index is 232. The maximum atomic E-state index is 8.25. The van der Waals surface area contributed by atoms with Crippen molar-refractivity contribution in [3.63, 3.8) is 0 Å². The zero-order valence-corrected chi connectivity index (χ0v) is 8.18. The number of nitrogens with zero attached hydrogens (tertiary/aromatic N) is 2. The Kier molecular flexibility index (Phi) is 7.12. The van der Waals surface area contributed by atoms with Gasteiger partial charge < -0.3 is 15.3 Å². The van der Waals surface area contributed by atoms with Crippen molar-refractivity contribution in [2.75, 3.05) is 0 Å². The number of rotatable bonds is 4. The Morgan fingerprint density at radius 2 is 2.07 bits per heavy atom. The molecule has 1 aromatic rings. The standard InChI is InChI=1S/C8H14N2.NO3/c1-2-3-4-6-10-7-5-9-8-10;2-1(3)4/h5,7-8H,2-4,6H2,1H3;/q;-1/p+1. The van der Waals surface area contributed by atoms with E-state index in [9.17, 15) is 0 Å². The third-order valence-electron chi connectivity index (χ3n) is 1.62. The van der Waals surface area contributed by atoms with E-state index in [0.29, 0.717) is 0 Å². The van der Waals surface area contributed by atoms with Crippen LogP contribution in [0, 0.1) is 15.3 Å². The van der Waals surface area contributed by atoms with Gasteiger partial charge in [-0.15, -0.1) is 0 Å². The highest BCUT2D eigenvalue weighted by atomic mass is 16.9. The summed E-state index contributed by atoms with van der Waals surface area (Å²) in [6.45, 7) is 3.37. The molecule has 0 aliphatic heterocycles. The van der Waals surface area contributed by atoms with Crippen LogP contribution in [0.25, 0.3) is 0 Å². The maximum Gasteiger partial charge on any atom is 0.241 e. The van der Waals surface area contributed by atoms with E-state index in [0.717, 1.165) is 6.54 Å². The summed E-state index contributed by atoms with van der Waals surface area (Å²) in [5.41, 5.74) is 0. The molecular weight excluding hydrogens is 186 g/mol. The third kappa shape index (κ3) is 8.51. The summed E-state index contributed by atoms with van der Waals surface area (Å²) >= 11 is 0. The van der Waals surface area contributed by atoms with Gasteiger partial charge in [0.25, 0.3) is 0 Å². The topological polar surface area (TPSA) is 85.9 Å². The molecule has 1 N–H and O–H groups in total. The van der Waals surface area contributed by atoms with Gasteiger partial charge in [-0.05, 0) is 12.8 Å². The highest BCUT2D eigenvalue weighted by Crippen LogP contribution is 1.92. The van der Waals surface area contributed by atoms with Gasteiger partial charge in [0.15, 0.2) is 0 Å². The molecule has 0 fully saturated rings. The summed E-state index contributed by atoms with van der Waals surface area (Å²) < 4.78 is 2.18. The van der Waals surface area contributed by atoms with E-state index in [4.69, 9.17) is 15.3 Å². The van der Waals surface area contributed by atoms with Crippen LogP contribution < -0.4 is 4.57 Å². The molecule has 0 unspecified atom stereocenters. The molecule has 0 spiro atoms. The number of aromatic amines is 1. The largest absolute Gasteiger partial charge is 0.356 e. The third-order valence-corrected chi connectivity index (χ3v) is 1.62. The van der Waals surface area contributed by atoms with Gasteiger partial charge in [-0.1, -0.05) is 13.3 Å². The van der Waals surface area contributed by atoms with E-state index in [1.54, 1.807) is 0 Å². The van der Waals surface area contributed by atoms with E-state index in [-0.39, 0.29) is 0 Å². The second kappa shape index (κ2) is 8.03. The fourth-order valence-electron chi connectivity index (χ4n) is 1.00. The molecule has 0 bridgehead atoms. The molecule has 1 heterocycles. The minimum absolute atomic E-state index is 1.15. The van der Waals surface area contributed by atoms with Crippen molar-refractivity contribution in [1.29, 1.82) is 0 Å². The van der Waals surface area contributed by atoms with E-state index in [1.807, 2.05) is 12.5 Å². The number of H-pyrrole nitrogens is 1. The number of hydrogen-bond donors (Lipinski definition) is 1. The first-order chi connectivity index (χ1) is 6.66. The van der Waals surface area contributed by atoms with Crippen LogP contribution >= 0.6 is 0 Å². The summed E-state index contributed by atoms with van der Waals surface area (Å²) in [5.74, 6) is 0. The van der Waals surface area contributed by atoms with E-state index in [1.165, 1.54) is 19.3 Å². The molecule has 0 aromatic carbocycles. The molecule has 1 aromatic heterocycles. The van der Waals surface area contributed by atoms with Crippen molar-refractivity contribution in [3.05, 3.63) is 34.0 Å². The molecule has 6 heteroatoms. The Hall–Kier alpha value is -1.59. The van der Waals surface area contributed by atoms with Gasteiger partial charge >= 0.3 is 0 Å². The summed E-state index contributed by atoms with van der Waals surface area (Å²) in [6, 6.07) is 0. The first kappa shape index (κ1) is 12.4. The SMILES string of the molecule is CCCCC[n+]1cc[nH]c1.O=[N+]([O-])[O-]. The zero-order valence-electron chi connectivity index (χ0n) is 8.18. The lowest BCUT2D eigenvalue weighted by molar-refractivity contribution is -0.696. The van der Waals surface area contributed by atoms with E-state index >= 15 is 0 Å². The quantitative estimate of drug-likeness (QED) is 0.344. The maximum absolute atomic E-state index is 8.25. The fourth-order valence-corrected chi connectivity index (χ4v) is 1.00. The van der Waals surface area contributed by atoms with Crippen LogP contribution in [0.5, 0.6) is 0 Å². The van der Waals surface area contributed by atoms with Gasteiger partial charge in [0, 0.05) is 0 Å². The molecule has 6 nitrogen and oxygen atoms in total. The van der Waals surface area contributed by atoms with Gasteiger partial charge in [-0.3, -0.25) is 4.98 Å². The van der Waals surface area contributed by atoms with Crippen molar-refractivity contribution in [2.45, 2.75) is 32.7 Å². The van der Waals surface area contributed by atoms with Crippen LogP contribution in [0.1, 0.15) is 26.2 Å². The highest BCUT2D eigenvalue weighted by molar-refractivity contribution is 4.55. The first-order valence-corrected chi connectivity index (χ1v) is 4.50. The van der Waals surface area contributed by atoms with Gasteiger partial charge in [0.05, 0.1) is 11.6 Å². The van der Waals surface area contributed by atoms with Gasteiger partial charge in [-0.2, -0.15) is 0 Å². The van der Waals surface area contributed by atoms with Crippen molar-refractivity contribution in [3.8, 4) is 0 Å². The van der Waals surface area contributed by atoms with Gasteiger partial charge in [0.2, 0.25) is 6.33 Å². The Morgan fingerprint density at radius 1 is 1.43 bits per heavy atom. The lowest BCUT2D eigenvalue weighted by Crippen LogP contribution is -2.30. The van der Waals surface area contributed by atoms with E-state index in [2.05, 4.69) is 22.7 Å². The lowest BCUT2D eigenvalue weighted by Gasteiger charge is -1.92. The highest BCUT2D eigenvalue weighted by Gasteiger charge is 1.93. The Labute approximate surface area is 82.3 Å². The second-order valence-corrected chi connectivity index (χ2v) is 2.78. The number of aryl methyl sites for hydroxylation is 1. The van der Waals surface area contributed by atoms with Crippen molar-refractivity contribution in [2.24, 2.45) is 0 Å². The fraction of sp³-hybridized carbons (Fsp3) is 0.625. The summed E-state index contributed by atoms with van der Waals surface area (Å²) in [4.78, 5) is 11.3. The number of aromatic nitrogens is 2. The monoisotopic (exact) mass is 201 g/mol. The molecular formula is C8H15N3O3. The Balaban J connectivity index is 0.000000364. The number of hydrogen-bond acceptors (Lipinski definition) is 3. The number of imidazole rings is 1. The second-order valence-electron chi connectivity index (χ2n) is 2.78. The molecule has 0 aliphatic carbocycles. The molecule has 0 saturated carbocycles. The average Bonchev–Trinajstić information content (AvgIpc) is 2.56. The predicted molar refractivity (Wildman–Crippen MR) is 50.9 cm³/mol. The smallest absolute Gasteiger partial charge is 0.241 e. The summed E-state index contributed by atoms with van der Waals surface area (Å²) in [5, 5.41) is 14.8. The van der Waals surface area contributed by atoms with Crippen LogP contribution in [0.15, 0.2) is 18.7 Å². The van der Waals surface area contributed by atoms with Crippen LogP contribution in [-0.4, -0.2) is 10.1 Å². The van der Waals surface area contributed by atoms with Gasteiger partial charge in [-0.25, -0.2) is 4.57 Å². The van der Waals surface area contributed by atoms with Crippen LogP contribution in [0.2, 0.25) is 0 Å². The number of nitrogens with one attached hydrogen (secondary N) is 1. The number of unbranched alkanes of at least 4 members (excludes halogenated alkanes) is 2. The zero-order chi connectivity index (χ0) is 10.8. The molecule has 1 rings (SSSR count). The lowest BCUT2D eigenvalue weighted by atomic mass is 10.2. The van der Waals surface area contributed by atoms with E-state index < -0.39 is 5.09 Å². The summed E-state index contributed by atoms with van der Waals surface area (Å²) in [7, 11) is 0. The average molecular weight is 201 g/mol. The molecule has 14 heavy (non-hydrogen) atoms. The molecule has 0 aliphatic rings. The van der Waals surface area contributed by atoms with Crippen LogP contribution in [0.4, 0.5) is 0 Å². The van der Waals surface area contributed by atoms with Crippen molar-refractivity contribution in [1.82, 2.24) is 4.98 Å². The first-order valence-electron chi connectivity index (χ1n) is 4.50. The normalized spacial score (nSPS) is 8.93. The van der Waals surface area contributed by atoms with Crippen LogP contribution in [0.3, 0.4) is 0 Å². The summed E-state index contributed by atoms with van der Waals surface area (Å²) in [6.07, 6.45) is 9.93. The minimum Gasteiger partial charge on any atom is -0.356 e. The minimum atomic E-state index is -1.75. The molecule has 0 radical (unpaired) electrons. The van der Waals surface area contributed by atoms with Crippen molar-refractivity contribution < 1.29 is 9.65 Å². The van der Waals surface area contributed by atoms with Crippen LogP contribution in [-0.2, 0) is 6.54 Å². The molecule has 80 valence electrons. The molecule has 0 atom stereocenters. The predicted octanol–water partition coefficient (Wildman–Crippen LogP) is 1.25.